The molecule has 1 aromatic rings. The van der Waals surface area contributed by atoms with Gasteiger partial charge in [-0.3, -0.25) is 14.6 Å². The normalized spacial score (nSPS) is 20.7. The number of likely N-dealkylation sites (N-methyl/N-ethyl adjacent to an activating group) is 2. The monoisotopic (exact) mass is 329 g/mol. The van der Waals surface area contributed by atoms with Gasteiger partial charge in [0.2, 0.25) is 11.9 Å². The van der Waals surface area contributed by atoms with E-state index in [-0.39, 0.29) is 11.9 Å². The standard InChI is InChI=1S/C16H21N6O2/c1-6-8-21-12-13(19(5)16(24)20(7-2)14(12)23)17-15(21)22-11(4)9-10(3)18-22/h6,9,12H,1,7-8H2,2-5H3/q+1. The Kier molecular flexibility index (Phi) is 3.82. The molecule has 0 aromatic carbocycles. The van der Waals surface area contributed by atoms with E-state index in [1.807, 2.05) is 24.5 Å². The molecular weight excluding hydrogens is 308 g/mol. The third-order valence-electron chi connectivity index (χ3n) is 4.23. The lowest BCUT2D eigenvalue weighted by Crippen LogP contribution is -2.62. The number of fused-ring (bicyclic) bond motifs is 1. The van der Waals surface area contributed by atoms with Crippen LogP contribution in [0.3, 0.4) is 0 Å². The Balaban J connectivity index is 2.18. The average Bonchev–Trinajstić information content (AvgIpc) is 3.06. The maximum Gasteiger partial charge on any atom is 0.421 e. The highest BCUT2D eigenvalue weighted by atomic mass is 16.2. The topological polar surface area (TPSA) is 73.8 Å². The van der Waals surface area contributed by atoms with Gasteiger partial charge in [-0.1, -0.05) is 17.6 Å². The highest BCUT2D eigenvalue weighted by Crippen LogP contribution is 2.20. The van der Waals surface area contributed by atoms with Gasteiger partial charge < -0.3 is 0 Å². The van der Waals surface area contributed by atoms with E-state index in [2.05, 4.69) is 16.7 Å². The molecular formula is C16H21N6O2+. The number of carbonyl (C=O) groups is 2. The molecule has 0 saturated carbocycles. The van der Waals surface area contributed by atoms with Gasteiger partial charge in [-0.05, 0) is 26.8 Å². The second-order valence-electron chi connectivity index (χ2n) is 5.88. The van der Waals surface area contributed by atoms with E-state index in [0.29, 0.717) is 24.9 Å². The minimum atomic E-state index is -0.635. The van der Waals surface area contributed by atoms with E-state index in [0.717, 1.165) is 11.4 Å². The molecule has 0 N–H and O–H groups in total. The van der Waals surface area contributed by atoms with Crippen LogP contribution in [-0.4, -0.2) is 74.1 Å². The van der Waals surface area contributed by atoms with Crippen molar-refractivity contribution in [2.45, 2.75) is 26.8 Å². The summed E-state index contributed by atoms with van der Waals surface area (Å²) in [5.41, 5.74) is 1.77. The summed E-state index contributed by atoms with van der Waals surface area (Å²) in [6, 6.07) is 0.950. The number of hydrogen-bond donors (Lipinski definition) is 0. The first-order chi connectivity index (χ1) is 11.4. The quantitative estimate of drug-likeness (QED) is 0.602. The molecule has 2 aliphatic heterocycles. The third-order valence-corrected chi connectivity index (χ3v) is 4.23. The second kappa shape index (κ2) is 5.70. The maximum atomic E-state index is 12.8. The number of aliphatic imine (C=N–C) groups is 1. The Labute approximate surface area is 140 Å². The van der Waals surface area contributed by atoms with Crippen LogP contribution in [0.25, 0.3) is 0 Å². The minimum absolute atomic E-state index is 0.266. The SMILES string of the molecule is C=CC[N+]1=C(n2nc(C)cc2C)N=C2C1C(=O)N(CC)C(=O)N2C. The average molecular weight is 329 g/mol. The smallest absolute Gasteiger partial charge is 0.270 e. The summed E-state index contributed by atoms with van der Waals surface area (Å²) in [5.74, 6) is 0.697. The van der Waals surface area contributed by atoms with Crippen LogP contribution in [0, 0.1) is 13.8 Å². The van der Waals surface area contributed by atoms with E-state index in [4.69, 9.17) is 0 Å². The number of amides is 3. The number of imide groups is 1. The predicted octanol–water partition coefficient (Wildman–Crippen LogP) is 0.597. The molecule has 1 saturated heterocycles. The van der Waals surface area contributed by atoms with Crippen LogP contribution in [0.2, 0.25) is 0 Å². The second-order valence-corrected chi connectivity index (χ2v) is 5.88. The largest absolute Gasteiger partial charge is 0.421 e. The fraction of sp³-hybridized carbons (Fsp3) is 0.438. The first-order valence-electron chi connectivity index (χ1n) is 7.86. The molecule has 8 nitrogen and oxygen atoms in total. The van der Waals surface area contributed by atoms with E-state index < -0.39 is 6.04 Å². The van der Waals surface area contributed by atoms with Gasteiger partial charge in [0.1, 0.15) is 5.69 Å². The molecule has 24 heavy (non-hydrogen) atoms. The van der Waals surface area contributed by atoms with Crippen molar-refractivity contribution in [2.24, 2.45) is 4.99 Å². The molecule has 0 radical (unpaired) electrons. The van der Waals surface area contributed by atoms with Crippen molar-refractivity contribution >= 4 is 23.7 Å². The van der Waals surface area contributed by atoms with Crippen molar-refractivity contribution in [3.63, 3.8) is 0 Å². The molecule has 3 rings (SSSR count). The molecule has 0 spiro atoms. The fourth-order valence-electron chi connectivity index (χ4n) is 3.12. The number of nitrogens with zero attached hydrogens (tertiary/aromatic N) is 6. The van der Waals surface area contributed by atoms with Crippen molar-refractivity contribution in [2.75, 3.05) is 20.1 Å². The van der Waals surface area contributed by atoms with E-state index in [1.54, 1.807) is 24.7 Å². The molecule has 0 aliphatic carbocycles. The van der Waals surface area contributed by atoms with Crippen molar-refractivity contribution in [1.82, 2.24) is 19.6 Å². The van der Waals surface area contributed by atoms with Gasteiger partial charge in [-0.25, -0.2) is 9.37 Å². The first kappa shape index (κ1) is 16.1. The van der Waals surface area contributed by atoms with Gasteiger partial charge in [-0.2, -0.15) is 0 Å². The molecule has 3 amide bonds. The fourth-order valence-corrected chi connectivity index (χ4v) is 3.12. The lowest BCUT2D eigenvalue weighted by molar-refractivity contribution is -0.527. The van der Waals surface area contributed by atoms with Gasteiger partial charge >= 0.3 is 12.0 Å². The number of urea groups is 1. The number of aromatic nitrogens is 2. The van der Waals surface area contributed by atoms with Crippen molar-refractivity contribution in [3.05, 3.63) is 30.1 Å². The van der Waals surface area contributed by atoms with Gasteiger partial charge in [0.25, 0.3) is 5.91 Å². The van der Waals surface area contributed by atoms with Gasteiger partial charge in [0.05, 0.1) is 12.2 Å². The molecule has 1 unspecified atom stereocenters. The Bertz CT molecular complexity index is 803. The molecule has 1 fully saturated rings. The van der Waals surface area contributed by atoms with Crippen LogP contribution >= 0.6 is 0 Å². The number of hydrogen-bond acceptors (Lipinski definition) is 4. The molecule has 0 bridgehead atoms. The van der Waals surface area contributed by atoms with E-state index >= 15 is 0 Å². The number of rotatable bonds is 3. The van der Waals surface area contributed by atoms with Crippen LogP contribution < -0.4 is 0 Å². The summed E-state index contributed by atoms with van der Waals surface area (Å²) in [4.78, 5) is 32.4. The highest BCUT2D eigenvalue weighted by Gasteiger charge is 2.52. The summed E-state index contributed by atoms with van der Waals surface area (Å²) in [5, 5.41) is 4.46. The van der Waals surface area contributed by atoms with Gasteiger partial charge in [-0.15, -0.1) is 9.78 Å². The maximum absolute atomic E-state index is 12.8. The van der Waals surface area contributed by atoms with Crippen LogP contribution in [0.5, 0.6) is 0 Å². The Hall–Kier alpha value is -2.77. The summed E-state index contributed by atoms with van der Waals surface area (Å²) in [6.07, 6.45) is 1.71. The minimum Gasteiger partial charge on any atom is -0.270 e. The molecule has 2 aliphatic rings. The van der Waals surface area contributed by atoms with Crippen LogP contribution in [0.1, 0.15) is 18.3 Å². The summed E-state index contributed by atoms with van der Waals surface area (Å²) >= 11 is 0. The zero-order valence-corrected chi connectivity index (χ0v) is 14.4. The zero-order chi connectivity index (χ0) is 17.6. The van der Waals surface area contributed by atoms with Crippen molar-refractivity contribution in [3.8, 4) is 0 Å². The Morgan fingerprint density at radius 3 is 2.62 bits per heavy atom. The van der Waals surface area contributed by atoms with E-state index in [9.17, 15) is 9.59 Å². The highest BCUT2D eigenvalue weighted by molar-refractivity contribution is 6.22. The predicted molar refractivity (Wildman–Crippen MR) is 89.2 cm³/mol. The summed E-state index contributed by atoms with van der Waals surface area (Å²) in [6.45, 7) is 10.1. The molecule has 1 aromatic heterocycles. The van der Waals surface area contributed by atoms with Gasteiger partial charge in [0, 0.05) is 13.6 Å². The zero-order valence-electron chi connectivity index (χ0n) is 14.4. The number of aryl methyl sites for hydroxylation is 2. The molecule has 3 heterocycles. The lowest BCUT2D eigenvalue weighted by Gasteiger charge is -2.33. The van der Waals surface area contributed by atoms with E-state index in [1.165, 1.54) is 9.80 Å². The van der Waals surface area contributed by atoms with Crippen LogP contribution in [0.15, 0.2) is 23.7 Å². The lowest BCUT2D eigenvalue weighted by atomic mass is 10.1. The first-order valence-corrected chi connectivity index (χ1v) is 7.86. The summed E-state index contributed by atoms with van der Waals surface area (Å²) in [7, 11) is 1.64. The van der Waals surface area contributed by atoms with Crippen molar-refractivity contribution in [1.29, 1.82) is 0 Å². The Morgan fingerprint density at radius 1 is 1.38 bits per heavy atom. The van der Waals surface area contributed by atoms with Crippen LogP contribution in [-0.2, 0) is 4.79 Å². The Morgan fingerprint density at radius 2 is 2.08 bits per heavy atom. The van der Waals surface area contributed by atoms with Crippen molar-refractivity contribution < 1.29 is 14.2 Å². The van der Waals surface area contributed by atoms with Crippen LogP contribution in [0.4, 0.5) is 4.79 Å². The number of amidine groups is 1. The molecule has 126 valence electrons. The summed E-state index contributed by atoms with van der Waals surface area (Å²) < 4.78 is 3.53. The number of carbonyl (C=O) groups excluding carboxylic acids is 2. The van der Waals surface area contributed by atoms with Gasteiger partial charge in [0.15, 0.2) is 0 Å². The molecule has 8 heteroatoms. The molecule has 1 atom stereocenters. The third kappa shape index (κ3) is 2.17.